The van der Waals surface area contributed by atoms with E-state index in [0.717, 1.165) is 12.8 Å². The highest BCUT2D eigenvalue weighted by molar-refractivity contribution is 9.10. The van der Waals surface area contributed by atoms with E-state index in [0.29, 0.717) is 23.2 Å². The van der Waals surface area contributed by atoms with Crippen LogP contribution in [0, 0.1) is 11.7 Å². The van der Waals surface area contributed by atoms with Gasteiger partial charge in [0.1, 0.15) is 5.82 Å². The average molecular weight is 344 g/mol. The highest BCUT2D eigenvalue weighted by Crippen LogP contribution is 2.31. The van der Waals surface area contributed by atoms with Crippen LogP contribution in [-0.4, -0.2) is 23.2 Å². The second-order valence-electron chi connectivity index (χ2n) is 5.77. The predicted octanol–water partition coefficient (Wildman–Crippen LogP) is 3.26. The molecular weight excluding hydrogens is 325 g/mol. The summed E-state index contributed by atoms with van der Waals surface area (Å²) in [5.41, 5.74) is -0.581. The lowest BCUT2D eigenvalue weighted by Crippen LogP contribution is -2.45. The van der Waals surface area contributed by atoms with E-state index >= 15 is 0 Å². The Labute approximate surface area is 126 Å². The van der Waals surface area contributed by atoms with Crippen molar-refractivity contribution in [3.05, 3.63) is 34.1 Å². The summed E-state index contributed by atoms with van der Waals surface area (Å²) in [6.07, 6.45) is 3.48. The first-order valence-corrected chi connectivity index (χ1v) is 7.64. The van der Waals surface area contributed by atoms with Crippen molar-refractivity contribution in [3.8, 4) is 0 Å². The van der Waals surface area contributed by atoms with E-state index in [9.17, 15) is 14.3 Å². The van der Waals surface area contributed by atoms with E-state index in [4.69, 9.17) is 0 Å². The second kappa shape index (κ2) is 6.22. The van der Waals surface area contributed by atoms with Crippen LogP contribution in [0.1, 0.15) is 43.0 Å². The lowest BCUT2D eigenvalue weighted by molar-refractivity contribution is -0.0109. The number of hydrogen-bond donors (Lipinski definition) is 2. The molecule has 2 atom stereocenters. The van der Waals surface area contributed by atoms with Crippen LogP contribution in [-0.2, 0) is 0 Å². The van der Waals surface area contributed by atoms with Crippen molar-refractivity contribution in [2.75, 3.05) is 6.54 Å². The highest BCUT2D eigenvalue weighted by Gasteiger charge is 2.32. The molecule has 1 saturated carbocycles. The summed E-state index contributed by atoms with van der Waals surface area (Å²) in [4.78, 5) is 12.0. The van der Waals surface area contributed by atoms with Gasteiger partial charge in [-0.1, -0.05) is 35.7 Å². The first-order valence-electron chi connectivity index (χ1n) is 6.85. The molecule has 0 radical (unpaired) electrons. The van der Waals surface area contributed by atoms with E-state index in [1.807, 2.05) is 0 Å². The van der Waals surface area contributed by atoms with Crippen LogP contribution in [0.15, 0.2) is 22.7 Å². The third kappa shape index (κ3) is 4.03. The lowest BCUT2D eigenvalue weighted by atomic mass is 9.79. The zero-order valence-corrected chi connectivity index (χ0v) is 13.0. The molecule has 2 unspecified atom stereocenters. The number of benzene rings is 1. The van der Waals surface area contributed by atoms with Gasteiger partial charge in [0.2, 0.25) is 0 Å². The first-order chi connectivity index (χ1) is 9.38. The fourth-order valence-corrected chi connectivity index (χ4v) is 3.29. The number of carbonyl (C=O) groups is 1. The van der Waals surface area contributed by atoms with Crippen molar-refractivity contribution in [2.24, 2.45) is 5.92 Å². The van der Waals surface area contributed by atoms with E-state index in [-0.39, 0.29) is 18.0 Å². The summed E-state index contributed by atoms with van der Waals surface area (Å²) in [6.45, 7) is 2.32. The number of rotatable bonds is 3. The molecule has 0 aromatic heterocycles. The summed E-state index contributed by atoms with van der Waals surface area (Å²) >= 11 is 3.16. The minimum Gasteiger partial charge on any atom is -0.388 e. The molecule has 5 heteroatoms. The van der Waals surface area contributed by atoms with Crippen molar-refractivity contribution in [1.29, 1.82) is 0 Å². The molecule has 2 N–H and O–H groups in total. The Balaban J connectivity index is 1.98. The van der Waals surface area contributed by atoms with Crippen LogP contribution in [0.4, 0.5) is 4.39 Å². The number of hydrogen-bond acceptors (Lipinski definition) is 2. The van der Waals surface area contributed by atoms with Crippen molar-refractivity contribution < 1.29 is 14.3 Å². The minimum absolute atomic E-state index is 0.213. The van der Waals surface area contributed by atoms with Crippen molar-refractivity contribution in [2.45, 2.75) is 38.2 Å². The molecule has 2 rings (SSSR count). The van der Waals surface area contributed by atoms with E-state index in [2.05, 4.69) is 28.2 Å². The van der Waals surface area contributed by atoms with Gasteiger partial charge in [-0.15, -0.1) is 0 Å². The molecule has 110 valence electrons. The Hall–Kier alpha value is -0.940. The van der Waals surface area contributed by atoms with Gasteiger partial charge in [-0.25, -0.2) is 4.39 Å². The molecule has 1 aromatic rings. The molecule has 1 fully saturated rings. The number of halogens is 2. The quantitative estimate of drug-likeness (QED) is 0.884. The van der Waals surface area contributed by atoms with Crippen LogP contribution in [0.2, 0.25) is 0 Å². The largest absolute Gasteiger partial charge is 0.388 e. The van der Waals surface area contributed by atoms with Gasteiger partial charge in [0.15, 0.2) is 0 Å². The van der Waals surface area contributed by atoms with Gasteiger partial charge in [0, 0.05) is 16.6 Å². The van der Waals surface area contributed by atoms with Gasteiger partial charge >= 0.3 is 0 Å². The molecule has 1 aliphatic rings. The van der Waals surface area contributed by atoms with Crippen molar-refractivity contribution in [1.82, 2.24) is 5.32 Å². The fourth-order valence-electron chi connectivity index (χ4n) is 2.82. The lowest BCUT2D eigenvalue weighted by Gasteiger charge is -2.35. The maximum absolute atomic E-state index is 13.3. The smallest absolute Gasteiger partial charge is 0.251 e. The summed E-state index contributed by atoms with van der Waals surface area (Å²) in [5.74, 6) is -0.361. The topological polar surface area (TPSA) is 49.3 Å². The Kier molecular flexibility index (Phi) is 4.81. The molecular formula is C15H19BrFNO2. The summed E-state index contributed by atoms with van der Waals surface area (Å²) in [5, 5.41) is 13.2. The fraction of sp³-hybridized carbons (Fsp3) is 0.533. The zero-order chi connectivity index (χ0) is 14.8. The average Bonchev–Trinajstić information content (AvgIpc) is 2.34. The van der Waals surface area contributed by atoms with E-state index < -0.39 is 11.4 Å². The second-order valence-corrected chi connectivity index (χ2v) is 6.68. The Morgan fingerprint density at radius 3 is 2.95 bits per heavy atom. The molecule has 0 spiro atoms. The number of nitrogens with one attached hydrogen (secondary N) is 1. The van der Waals surface area contributed by atoms with Crippen molar-refractivity contribution in [3.63, 3.8) is 0 Å². The minimum atomic E-state index is -0.835. The predicted molar refractivity (Wildman–Crippen MR) is 79.0 cm³/mol. The van der Waals surface area contributed by atoms with Crippen LogP contribution in [0.5, 0.6) is 0 Å². The summed E-state index contributed by atoms with van der Waals surface area (Å²) in [6, 6.07) is 4.05. The van der Waals surface area contributed by atoms with Gasteiger partial charge in [-0.3, -0.25) is 4.79 Å². The van der Waals surface area contributed by atoms with Crippen LogP contribution < -0.4 is 5.32 Å². The third-order valence-electron chi connectivity index (χ3n) is 3.77. The molecule has 20 heavy (non-hydrogen) atoms. The molecule has 1 aliphatic carbocycles. The molecule has 0 aliphatic heterocycles. The third-order valence-corrected chi connectivity index (χ3v) is 4.23. The van der Waals surface area contributed by atoms with Gasteiger partial charge in [-0.2, -0.15) is 0 Å². The van der Waals surface area contributed by atoms with Crippen LogP contribution >= 0.6 is 15.9 Å². The van der Waals surface area contributed by atoms with Gasteiger partial charge in [-0.05, 0) is 37.0 Å². The Morgan fingerprint density at radius 2 is 2.30 bits per heavy atom. The van der Waals surface area contributed by atoms with Crippen LogP contribution in [0.25, 0.3) is 0 Å². The zero-order valence-electron chi connectivity index (χ0n) is 11.5. The number of amides is 1. The van der Waals surface area contributed by atoms with E-state index in [1.165, 1.54) is 12.1 Å². The molecule has 3 nitrogen and oxygen atoms in total. The standard InChI is InChI=1S/C15H19BrFNO2/c1-10-3-2-4-15(20,8-10)9-18-14(19)11-5-12(16)7-13(17)6-11/h5-7,10,20H,2-4,8-9H2,1H3,(H,18,19). The highest BCUT2D eigenvalue weighted by atomic mass is 79.9. The maximum Gasteiger partial charge on any atom is 0.251 e. The van der Waals surface area contributed by atoms with Gasteiger partial charge in [0.25, 0.3) is 5.91 Å². The van der Waals surface area contributed by atoms with Crippen molar-refractivity contribution >= 4 is 21.8 Å². The van der Waals surface area contributed by atoms with Gasteiger partial charge in [0.05, 0.1) is 5.60 Å². The maximum atomic E-state index is 13.3. The number of aliphatic hydroxyl groups is 1. The molecule has 1 amide bonds. The Bertz CT molecular complexity index is 488. The summed E-state index contributed by atoms with van der Waals surface area (Å²) in [7, 11) is 0. The van der Waals surface area contributed by atoms with Crippen LogP contribution in [0.3, 0.4) is 0 Å². The molecule has 0 saturated heterocycles. The normalized spacial score (nSPS) is 26.3. The van der Waals surface area contributed by atoms with E-state index in [1.54, 1.807) is 6.07 Å². The molecule has 0 heterocycles. The molecule has 0 bridgehead atoms. The Morgan fingerprint density at radius 1 is 1.55 bits per heavy atom. The first kappa shape index (κ1) is 15.4. The van der Waals surface area contributed by atoms with Gasteiger partial charge < -0.3 is 10.4 Å². The monoisotopic (exact) mass is 343 g/mol. The number of carbonyl (C=O) groups excluding carboxylic acids is 1. The molecule has 1 aromatic carbocycles. The summed E-state index contributed by atoms with van der Waals surface area (Å²) < 4.78 is 13.8. The SMILES string of the molecule is CC1CCCC(O)(CNC(=O)c2cc(F)cc(Br)c2)C1.